The molecule has 0 aromatic heterocycles. The molecule has 0 amide bonds. The Morgan fingerprint density at radius 2 is 2.06 bits per heavy atom. The molecule has 3 heteroatoms. The molecule has 1 nitrogen and oxygen atoms in total. The van der Waals surface area contributed by atoms with E-state index in [1.807, 2.05) is 43.3 Å². The summed E-state index contributed by atoms with van der Waals surface area (Å²) in [7, 11) is 0. The van der Waals surface area contributed by atoms with E-state index in [1.54, 1.807) is 0 Å². The third kappa shape index (κ3) is 5.55. The van der Waals surface area contributed by atoms with Gasteiger partial charge in [-0.05, 0) is 25.0 Å². The van der Waals surface area contributed by atoms with Crippen molar-refractivity contribution in [1.29, 1.82) is 0 Å². The number of hydrogen-bond acceptors (Lipinski definition) is 1. The Morgan fingerprint density at radius 1 is 1.38 bits per heavy atom. The normalized spacial score (nSPS) is 13.8. The highest BCUT2D eigenvalue weighted by molar-refractivity contribution is 6.29. The molecule has 1 unspecified atom stereocenters. The van der Waals surface area contributed by atoms with E-state index < -0.39 is 0 Å². The fraction of sp³-hybridized carbons (Fsp3) is 0.385. The Hall–Kier alpha value is -0.500. The molecule has 0 aliphatic heterocycles. The molecule has 1 rings (SSSR count). The second kappa shape index (κ2) is 7.72. The van der Waals surface area contributed by atoms with Crippen LogP contribution in [0.25, 0.3) is 0 Å². The van der Waals surface area contributed by atoms with Gasteiger partial charge in [-0.15, -0.1) is 11.6 Å². The molecule has 88 valence electrons. The summed E-state index contributed by atoms with van der Waals surface area (Å²) in [6.07, 6.45) is 2.65. The topological polar surface area (TPSA) is 9.23 Å². The molecule has 0 radical (unpaired) electrons. The summed E-state index contributed by atoms with van der Waals surface area (Å²) in [6, 6.07) is 10.0. The Kier molecular flexibility index (Phi) is 6.55. The maximum atomic E-state index is 6.23. The highest BCUT2D eigenvalue weighted by Crippen LogP contribution is 2.23. The molecule has 0 heterocycles. The standard InChI is InChI=1S/C13H16Cl2O/c1-11(14)7-9-16-10-8-13(15)12-5-3-2-4-6-12/h2-7,13H,8-10H2,1H3. The molecule has 16 heavy (non-hydrogen) atoms. The van der Waals surface area contributed by atoms with Gasteiger partial charge in [0.25, 0.3) is 0 Å². The van der Waals surface area contributed by atoms with Gasteiger partial charge in [0, 0.05) is 11.6 Å². The fourth-order valence-corrected chi connectivity index (χ4v) is 1.57. The molecular weight excluding hydrogens is 243 g/mol. The maximum Gasteiger partial charge on any atom is 0.0661 e. The minimum atomic E-state index is 0.0160. The number of hydrogen-bond donors (Lipinski definition) is 0. The Balaban J connectivity index is 2.21. The Bertz CT molecular complexity index is 318. The van der Waals surface area contributed by atoms with E-state index in [4.69, 9.17) is 27.9 Å². The molecule has 0 saturated carbocycles. The van der Waals surface area contributed by atoms with E-state index in [-0.39, 0.29) is 5.38 Å². The zero-order valence-corrected chi connectivity index (χ0v) is 10.8. The third-order valence-corrected chi connectivity index (χ3v) is 2.78. The number of allylic oxidation sites excluding steroid dienone is 1. The maximum absolute atomic E-state index is 6.23. The van der Waals surface area contributed by atoms with Crippen LogP contribution < -0.4 is 0 Å². The average molecular weight is 259 g/mol. The molecule has 0 aliphatic rings. The fourth-order valence-electron chi connectivity index (χ4n) is 1.27. The minimum Gasteiger partial charge on any atom is -0.377 e. The summed E-state index contributed by atoms with van der Waals surface area (Å²) in [6.45, 7) is 3.02. The van der Waals surface area contributed by atoms with Crippen LogP contribution in [0.2, 0.25) is 0 Å². The summed E-state index contributed by atoms with van der Waals surface area (Å²) >= 11 is 11.9. The monoisotopic (exact) mass is 258 g/mol. The first-order valence-corrected chi connectivity index (χ1v) is 6.10. The number of halogens is 2. The lowest BCUT2D eigenvalue weighted by molar-refractivity contribution is 0.158. The number of ether oxygens (including phenoxy) is 1. The number of rotatable bonds is 6. The lowest BCUT2D eigenvalue weighted by Gasteiger charge is -2.09. The molecular formula is C13H16Cl2O. The van der Waals surface area contributed by atoms with E-state index in [2.05, 4.69) is 0 Å². The van der Waals surface area contributed by atoms with Gasteiger partial charge in [0.15, 0.2) is 0 Å². The molecule has 0 bridgehead atoms. The van der Waals surface area contributed by atoms with E-state index in [1.165, 1.54) is 0 Å². The van der Waals surface area contributed by atoms with Gasteiger partial charge < -0.3 is 4.74 Å². The summed E-state index contributed by atoms with van der Waals surface area (Å²) in [4.78, 5) is 0. The van der Waals surface area contributed by atoms with Crippen LogP contribution >= 0.6 is 23.2 Å². The van der Waals surface area contributed by atoms with Gasteiger partial charge in [-0.2, -0.15) is 0 Å². The van der Waals surface area contributed by atoms with Crippen LogP contribution in [0.5, 0.6) is 0 Å². The van der Waals surface area contributed by atoms with Crippen LogP contribution in [0.15, 0.2) is 41.4 Å². The van der Waals surface area contributed by atoms with Crippen molar-refractivity contribution in [2.75, 3.05) is 13.2 Å². The molecule has 0 spiro atoms. The van der Waals surface area contributed by atoms with Crippen molar-refractivity contribution in [3.8, 4) is 0 Å². The van der Waals surface area contributed by atoms with Crippen LogP contribution in [-0.2, 0) is 4.74 Å². The van der Waals surface area contributed by atoms with Crippen LogP contribution in [0, 0.1) is 0 Å². The first kappa shape index (κ1) is 13.6. The molecule has 0 aliphatic carbocycles. The highest BCUT2D eigenvalue weighted by Gasteiger charge is 2.06. The predicted octanol–water partition coefficient (Wildman–Crippen LogP) is 4.52. The van der Waals surface area contributed by atoms with Gasteiger partial charge >= 0.3 is 0 Å². The van der Waals surface area contributed by atoms with Crippen LogP contribution in [0.4, 0.5) is 0 Å². The van der Waals surface area contributed by atoms with Crippen molar-refractivity contribution in [3.63, 3.8) is 0 Å². The molecule has 1 aromatic carbocycles. The second-order valence-electron chi connectivity index (χ2n) is 3.53. The Morgan fingerprint density at radius 3 is 2.69 bits per heavy atom. The highest BCUT2D eigenvalue weighted by atomic mass is 35.5. The quantitative estimate of drug-likeness (QED) is 0.539. The lowest BCUT2D eigenvalue weighted by atomic mass is 10.1. The molecule has 0 saturated heterocycles. The summed E-state index contributed by atoms with van der Waals surface area (Å²) in [5.41, 5.74) is 1.14. The van der Waals surface area contributed by atoms with Gasteiger partial charge in [-0.25, -0.2) is 0 Å². The van der Waals surface area contributed by atoms with Crippen molar-refractivity contribution in [2.45, 2.75) is 18.7 Å². The molecule has 1 aromatic rings. The third-order valence-electron chi connectivity index (χ3n) is 2.16. The summed E-state index contributed by atoms with van der Waals surface area (Å²) in [5, 5.41) is 0.771. The van der Waals surface area contributed by atoms with Gasteiger partial charge in [-0.1, -0.05) is 41.9 Å². The van der Waals surface area contributed by atoms with Crippen LogP contribution in [-0.4, -0.2) is 13.2 Å². The Labute approximate surface area is 107 Å². The molecule has 1 atom stereocenters. The van der Waals surface area contributed by atoms with Crippen LogP contribution in [0.3, 0.4) is 0 Å². The lowest BCUT2D eigenvalue weighted by Crippen LogP contribution is -1.99. The number of benzene rings is 1. The summed E-state index contributed by atoms with van der Waals surface area (Å²) < 4.78 is 5.39. The zero-order chi connectivity index (χ0) is 11.8. The van der Waals surface area contributed by atoms with Crippen molar-refractivity contribution in [2.24, 2.45) is 0 Å². The minimum absolute atomic E-state index is 0.0160. The SMILES string of the molecule is CC(Cl)=CCOCCC(Cl)c1ccccc1. The number of alkyl halides is 1. The van der Waals surface area contributed by atoms with Crippen molar-refractivity contribution in [1.82, 2.24) is 0 Å². The van der Waals surface area contributed by atoms with Gasteiger partial charge in [0.1, 0.15) is 0 Å². The van der Waals surface area contributed by atoms with E-state index in [0.717, 1.165) is 17.0 Å². The largest absolute Gasteiger partial charge is 0.377 e. The van der Waals surface area contributed by atoms with Gasteiger partial charge in [0.2, 0.25) is 0 Å². The average Bonchev–Trinajstić information content (AvgIpc) is 2.29. The van der Waals surface area contributed by atoms with Gasteiger partial charge in [0.05, 0.1) is 12.0 Å². The van der Waals surface area contributed by atoms with Crippen molar-refractivity contribution >= 4 is 23.2 Å². The zero-order valence-electron chi connectivity index (χ0n) is 9.33. The van der Waals surface area contributed by atoms with Crippen molar-refractivity contribution < 1.29 is 4.74 Å². The van der Waals surface area contributed by atoms with Gasteiger partial charge in [-0.3, -0.25) is 0 Å². The smallest absolute Gasteiger partial charge is 0.0661 e. The predicted molar refractivity (Wildman–Crippen MR) is 70.1 cm³/mol. The van der Waals surface area contributed by atoms with E-state index >= 15 is 0 Å². The second-order valence-corrected chi connectivity index (χ2v) is 4.66. The summed E-state index contributed by atoms with van der Waals surface area (Å²) in [5.74, 6) is 0. The molecule has 0 fully saturated rings. The first-order valence-electron chi connectivity index (χ1n) is 5.29. The van der Waals surface area contributed by atoms with E-state index in [0.29, 0.717) is 13.2 Å². The molecule has 0 N–H and O–H groups in total. The first-order chi connectivity index (χ1) is 7.70. The van der Waals surface area contributed by atoms with Crippen LogP contribution in [0.1, 0.15) is 24.3 Å². The van der Waals surface area contributed by atoms with E-state index in [9.17, 15) is 0 Å². The van der Waals surface area contributed by atoms with Crippen molar-refractivity contribution in [3.05, 3.63) is 47.0 Å².